The first-order valence-corrected chi connectivity index (χ1v) is 13.3. The Morgan fingerprint density at radius 3 is 2.31 bits per heavy atom. The predicted octanol–water partition coefficient (Wildman–Crippen LogP) is 4.03. The average Bonchev–Trinajstić information content (AvgIpc) is 3.13. The molecule has 3 aliphatic heterocycles. The zero-order valence-corrected chi connectivity index (χ0v) is 23.1. The van der Waals surface area contributed by atoms with Crippen LogP contribution in [0, 0.1) is 11.3 Å². The lowest BCUT2D eigenvalue weighted by molar-refractivity contribution is -0.245. The standard InChI is InChI=1S/C27H48N2O6/c1-18(2)15-19(28-23(32)34-24(3,4)5)22(31)29-13-11-27(12-14-29)16-21(33-17-27)26(8)10-9-20(30)25(6,7)35-26/h18-21,30H,9-17H2,1-8H3,(H,28,32)/t19-,20-,21+,26+/m0/s1. The molecule has 0 unspecified atom stereocenters. The van der Waals surface area contributed by atoms with Gasteiger partial charge in [0.1, 0.15) is 11.6 Å². The molecule has 1 spiro atoms. The highest BCUT2D eigenvalue weighted by Gasteiger charge is 2.53. The lowest BCUT2D eigenvalue weighted by Gasteiger charge is -2.49. The van der Waals surface area contributed by atoms with E-state index in [0.717, 1.165) is 25.7 Å². The molecule has 35 heavy (non-hydrogen) atoms. The molecule has 2 N–H and O–H groups in total. The van der Waals surface area contributed by atoms with Gasteiger partial charge in [-0.25, -0.2) is 4.79 Å². The van der Waals surface area contributed by atoms with E-state index in [1.807, 2.05) is 53.4 Å². The Morgan fingerprint density at radius 2 is 1.77 bits per heavy atom. The van der Waals surface area contributed by atoms with Gasteiger partial charge < -0.3 is 29.5 Å². The predicted molar refractivity (Wildman–Crippen MR) is 134 cm³/mol. The third-order valence-corrected chi connectivity index (χ3v) is 7.94. The van der Waals surface area contributed by atoms with Crippen LogP contribution in [0.15, 0.2) is 0 Å². The fourth-order valence-corrected chi connectivity index (χ4v) is 5.81. The second-order valence-corrected chi connectivity index (χ2v) is 13.2. The Morgan fingerprint density at radius 1 is 1.14 bits per heavy atom. The number of carbonyl (C=O) groups excluding carboxylic acids is 2. The van der Waals surface area contributed by atoms with Crippen molar-refractivity contribution in [3.8, 4) is 0 Å². The number of aliphatic hydroxyl groups excluding tert-OH is 1. The van der Waals surface area contributed by atoms with Gasteiger partial charge in [0.25, 0.3) is 0 Å². The Bertz CT molecular complexity index is 768. The molecule has 3 rings (SSSR count). The van der Waals surface area contributed by atoms with Gasteiger partial charge in [0, 0.05) is 13.1 Å². The van der Waals surface area contributed by atoms with Crippen molar-refractivity contribution >= 4 is 12.0 Å². The van der Waals surface area contributed by atoms with Gasteiger partial charge in [-0.1, -0.05) is 13.8 Å². The van der Waals surface area contributed by atoms with Gasteiger partial charge in [0.05, 0.1) is 30.0 Å². The van der Waals surface area contributed by atoms with Gasteiger partial charge in [-0.2, -0.15) is 0 Å². The van der Waals surface area contributed by atoms with Crippen molar-refractivity contribution in [1.82, 2.24) is 10.2 Å². The van der Waals surface area contributed by atoms with Crippen molar-refractivity contribution in [2.45, 2.75) is 129 Å². The molecule has 3 aliphatic rings. The molecule has 202 valence electrons. The second-order valence-electron chi connectivity index (χ2n) is 13.2. The fourth-order valence-electron chi connectivity index (χ4n) is 5.81. The molecule has 0 radical (unpaired) electrons. The normalized spacial score (nSPS) is 31.4. The summed E-state index contributed by atoms with van der Waals surface area (Å²) < 4.78 is 18.1. The number of alkyl carbamates (subject to hydrolysis) is 1. The number of aliphatic hydroxyl groups is 1. The largest absolute Gasteiger partial charge is 0.444 e. The minimum atomic E-state index is -0.613. The molecule has 8 nitrogen and oxygen atoms in total. The smallest absolute Gasteiger partial charge is 0.408 e. The number of carbonyl (C=O) groups is 2. The SMILES string of the molecule is CC(C)C[C@H](NC(=O)OC(C)(C)C)C(=O)N1CCC2(CC1)CO[C@@H]([C@@]1(C)CC[C@H](O)C(C)(C)O1)C2. The number of hydrogen-bond donors (Lipinski definition) is 2. The summed E-state index contributed by atoms with van der Waals surface area (Å²) >= 11 is 0. The van der Waals surface area contributed by atoms with Crippen molar-refractivity contribution < 1.29 is 28.9 Å². The first-order chi connectivity index (χ1) is 16.0. The van der Waals surface area contributed by atoms with E-state index in [2.05, 4.69) is 12.2 Å². The molecule has 0 aromatic rings. The number of rotatable bonds is 5. The van der Waals surface area contributed by atoms with Crippen molar-refractivity contribution in [3.63, 3.8) is 0 Å². The fraction of sp³-hybridized carbons (Fsp3) is 0.926. The summed E-state index contributed by atoms with van der Waals surface area (Å²) in [6, 6.07) is -0.588. The molecule has 0 saturated carbocycles. The van der Waals surface area contributed by atoms with E-state index in [1.54, 1.807) is 0 Å². The molecule has 3 fully saturated rings. The maximum Gasteiger partial charge on any atom is 0.408 e. The topological polar surface area (TPSA) is 97.3 Å². The summed E-state index contributed by atoms with van der Waals surface area (Å²) in [5.74, 6) is 0.228. The maximum atomic E-state index is 13.4. The van der Waals surface area contributed by atoms with Crippen LogP contribution in [-0.4, -0.2) is 76.8 Å². The van der Waals surface area contributed by atoms with Gasteiger partial charge in [0.15, 0.2) is 0 Å². The molecule has 0 aliphatic carbocycles. The number of amides is 2. The van der Waals surface area contributed by atoms with Gasteiger partial charge in [-0.3, -0.25) is 4.79 Å². The zero-order chi connectivity index (χ0) is 26.2. The highest BCUT2D eigenvalue weighted by Crippen LogP contribution is 2.49. The summed E-state index contributed by atoms with van der Waals surface area (Å²) in [5, 5.41) is 13.1. The first-order valence-electron chi connectivity index (χ1n) is 13.3. The number of nitrogens with zero attached hydrogens (tertiary/aromatic N) is 1. The molecule has 2 amide bonds. The van der Waals surface area contributed by atoms with Crippen LogP contribution in [0.5, 0.6) is 0 Å². The van der Waals surface area contributed by atoms with Gasteiger partial charge >= 0.3 is 6.09 Å². The number of piperidine rings is 1. The molecular formula is C27H48N2O6. The highest BCUT2D eigenvalue weighted by molar-refractivity contribution is 5.85. The van der Waals surface area contributed by atoms with E-state index in [0.29, 0.717) is 32.5 Å². The number of nitrogens with one attached hydrogen (secondary N) is 1. The van der Waals surface area contributed by atoms with Crippen molar-refractivity contribution in [1.29, 1.82) is 0 Å². The Kier molecular flexibility index (Phi) is 8.20. The molecule has 3 heterocycles. The van der Waals surface area contributed by atoms with E-state index in [9.17, 15) is 14.7 Å². The van der Waals surface area contributed by atoms with E-state index in [-0.39, 0.29) is 23.3 Å². The summed E-state index contributed by atoms with van der Waals surface area (Å²) in [6.45, 7) is 17.5. The van der Waals surface area contributed by atoms with Crippen LogP contribution in [0.3, 0.4) is 0 Å². The van der Waals surface area contributed by atoms with E-state index >= 15 is 0 Å². The molecule has 0 aromatic heterocycles. The van der Waals surface area contributed by atoms with E-state index in [1.165, 1.54) is 0 Å². The Labute approximate surface area is 211 Å². The van der Waals surface area contributed by atoms with Crippen LogP contribution < -0.4 is 5.32 Å². The minimum absolute atomic E-state index is 0.0148. The number of hydrogen-bond acceptors (Lipinski definition) is 6. The van der Waals surface area contributed by atoms with Gasteiger partial charge in [-0.05, 0) is 91.4 Å². The highest BCUT2D eigenvalue weighted by atomic mass is 16.6. The van der Waals surface area contributed by atoms with Crippen molar-refractivity contribution in [2.75, 3.05) is 19.7 Å². The lowest BCUT2D eigenvalue weighted by atomic mass is 9.73. The summed E-state index contributed by atoms with van der Waals surface area (Å²) in [5.41, 5.74) is -1.58. The van der Waals surface area contributed by atoms with Gasteiger partial charge in [-0.15, -0.1) is 0 Å². The van der Waals surface area contributed by atoms with Gasteiger partial charge in [0.2, 0.25) is 5.91 Å². The Hall–Kier alpha value is -1.38. The van der Waals surface area contributed by atoms with E-state index in [4.69, 9.17) is 14.2 Å². The zero-order valence-electron chi connectivity index (χ0n) is 23.1. The summed E-state index contributed by atoms with van der Waals surface area (Å²) in [7, 11) is 0. The number of likely N-dealkylation sites (tertiary alicyclic amines) is 1. The van der Waals surface area contributed by atoms with Crippen LogP contribution in [-0.2, 0) is 19.0 Å². The third kappa shape index (κ3) is 6.89. The molecule has 0 bridgehead atoms. The molecular weight excluding hydrogens is 448 g/mol. The number of ether oxygens (including phenoxy) is 3. The third-order valence-electron chi connectivity index (χ3n) is 7.94. The molecule has 3 saturated heterocycles. The van der Waals surface area contributed by atoms with Crippen LogP contribution in [0.25, 0.3) is 0 Å². The maximum absolute atomic E-state index is 13.4. The first kappa shape index (κ1) is 28.2. The monoisotopic (exact) mass is 496 g/mol. The van der Waals surface area contributed by atoms with Crippen LogP contribution in [0.4, 0.5) is 4.79 Å². The Balaban J connectivity index is 1.59. The average molecular weight is 497 g/mol. The molecule has 8 heteroatoms. The molecule has 4 atom stereocenters. The quantitative estimate of drug-likeness (QED) is 0.596. The summed E-state index contributed by atoms with van der Waals surface area (Å²) in [6.07, 6.45) is 3.68. The second kappa shape index (κ2) is 10.2. The van der Waals surface area contributed by atoms with Crippen molar-refractivity contribution in [2.24, 2.45) is 11.3 Å². The lowest BCUT2D eigenvalue weighted by Crippen LogP contribution is -2.57. The van der Waals surface area contributed by atoms with Crippen LogP contribution in [0.2, 0.25) is 0 Å². The van der Waals surface area contributed by atoms with Crippen molar-refractivity contribution in [3.05, 3.63) is 0 Å². The van der Waals surface area contributed by atoms with E-state index < -0.39 is 35.0 Å². The van der Waals surface area contributed by atoms with Crippen LogP contribution >= 0.6 is 0 Å². The summed E-state index contributed by atoms with van der Waals surface area (Å²) in [4.78, 5) is 27.7. The molecule has 0 aromatic carbocycles. The minimum Gasteiger partial charge on any atom is -0.444 e. The van der Waals surface area contributed by atoms with Crippen LogP contribution in [0.1, 0.15) is 93.9 Å².